The monoisotopic (exact) mass is 243 g/mol. The maximum atomic E-state index is 10.9. The number of rotatable bonds is 2. The number of hydrogen-bond acceptors (Lipinski definition) is 2. The second-order valence-corrected chi connectivity index (χ2v) is 3.37. The lowest BCUT2D eigenvalue weighted by Gasteiger charge is -2.03. The van der Waals surface area contributed by atoms with Crippen LogP contribution in [-0.4, -0.2) is 12.7 Å². The second kappa shape index (κ2) is 8.82. The molecular formula is C15H17NO2. The second-order valence-electron chi connectivity index (χ2n) is 3.37. The first kappa shape index (κ1) is 13.8. The molecule has 0 aliphatic carbocycles. The summed E-state index contributed by atoms with van der Waals surface area (Å²) in [5.41, 5.74) is 0.746. The summed E-state index contributed by atoms with van der Waals surface area (Å²) in [5.74, 6) is 0. The van der Waals surface area contributed by atoms with Gasteiger partial charge in [-0.05, 0) is 19.1 Å². The van der Waals surface area contributed by atoms with Gasteiger partial charge in [0.25, 0.3) is 0 Å². The molecule has 0 aromatic heterocycles. The van der Waals surface area contributed by atoms with Gasteiger partial charge in [0.15, 0.2) is 0 Å². The van der Waals surface area contributed by atoms with Crippen LogP contribution in [0, 0.1) is 0 Å². The van der Waals surface area contributed by atoms with Crippen molar-refractivity contribution in [3.8, 4) is 0 Å². The minimum absolute atomic E-state index is 0.388. The third-order valence-corrected chi connectivity index (χ3v) is 1.96. The molecule has 0 fully saturated rings. The van der Waals surface area contributed by atoms with Crippen molar-refractivity contribution < 1.29 is 9.53 Å². The molecule has 3 heteroatoms. The molecule has 94 valence electrons. The van der Waals surface area contributed by atoms with Crippen LogP contribution < -0.4 is 5.32 Å². The van der Waals surface area contributed by atoms with Crippen LogP contribution in [0.3, 0.4) is 0 Å². The van der Waals surface area contributed by atoms with Crippen LogP contribution in [0.25, 0.3) is 0 Å². The van der Waals surface area contributed by atoms with Gasteiger partial charge in [0.05, 0.1) is 6.61 Å². The maximum absolute atomic E-state index is 10.9. The Labute approximate surface area is 107 Å². The highest BCUT2D eigenvalue weighted by Crippen LogP contribution is 2.04. The molecule has 1 N–H and O–H groups in total. The zero-order valence-corrected chi connectivity index (χ0v) is 10.4. The highest BCUT2D eigenvalue weighted by Gasteiger charge is 1.98. The molecule has 0 heterocycles. The van der Waals surface area contributed by atoms with E-state index in [1.54, 1.807) is 19.1 Å². The largest absolute Gasteiger partial charge is 0.450 e. The summed E-state index contributed by atoms with van der Waals surface area (Å²) in [6, 6.07) is 21.2. The fraction of sp³-hybridized carbons (Fsp3) is 0.133. The zero-order valence-electron chi connectivity index (χ0n) is 10.4. The molecule has 0 unspecified atom stereocenters. The minimum atomic E-state index is -0.413. The Morgan fingerprint density at radius 3 is 1.83 bits per heavy atom. The molecule has 0 spiro atoms. The summed E-state index contributed by atoms with van der Waals surface area (Å²) in [5, 5.41) is 2.58. The first-order chi connectivity index (χ1) is 8.83. The lowest BCUT2D eigenvalue weighted by molar-refractivity contribution is 0.168. The molecule has 18 heavy (non-hydrogen) atoms. The van der Waals surface area contributed by atoms with Crippen LogP contribution in [0.1, 0.15) is 6.92 Å². The number of carbonyl (C=O) groups excluding carboxylic acids is 1. The van der Waals surface area contributed by atoms with Crippen LogP contribution in [0.15, 0.2) is 66.7 Å². The molecule has 2 aromatic carbocycles. The number of anilines is 1. The number of amides is 1. The summed E-state index contributed by atoms with van der Waals surface area (Å²) >= 11 is 0. The summed E-state index contributed by atoms with van der Waals surface area (Å²) in [6.07, 6.45) is -0.413. The van der Waals surface area contributed by atoms with Crippen LogP contribution in [0.5, 0.6) is 0 Å². The van der Waals surface area contributed by atoms with Gasteiger partial charge in [0.2, 0.25) is 0 Å². The predicted molar refractivity (Wildman–Crippen MR) is 73.5 cm³/mol. The fourth-order valence-corrected chi connectivity index (χ4v) is 1.19. The van der Waals surface area contributed by atoms with Gasteiger partial charge in [0, 0.05) is 5.69 Å². The lowest BCUT2D eigenvalue weighted by Crippen LogP contribution is -2.12. The number of para-hydroxylation sites is 1. The van der Waals surface area contributed by atoms with Gasteiger partial charge in [-0.1, -0.05) is 54.6 Å². The molecule has 0 aliphatic rings. The minimum Gasteiger partial charge on any atom is -0.450 e. The van der Waals surface area contributed by atoms with Crippen LogP contribution in [-0.2, 0) is 4.74 Å². The summed E-state index contributed by atoms with van der Waals surface area (Å²) in [7, 11) is 0. The van der Waals surface area contributed by atoms with Crippen LogP contribution in [0.2, 0.25) is 0 Å². The quantitative estimate of drug-likeness (QED) is 0.867. The first-order valence-corrected chi connectivity index (χ1v) is 5.81. The zero-order chi connectivity index (χ0) is 13.1. The highest BCUT2D eigenvalue weighted by molar-refractivity contribution is 5.84. The Bertz CT molecular complexity index is 402. The van der Waals surface area contributed by atoms with Crippen molar-refractivity contribution >= 4 is 11.8 Å². The molecule has 0 aliphatic heterocycles. The standard InChI is InChI=1S/C9H11NO2.C6H6/c1-2-12-9(11)10-8-6-4-3-5-7-8;1-2-4-6-5-3-1/h3-7H,2H2,1H3,(H,10,11);1-6H. The van der Waals surface area contributed by atoms with Crippen molar-refractivity contribution in [2.24, 2.45) is 0 Å². The van der Waals surface area contributed by atoms with Crippen molar-refractivity contribution in [2.75, 3.05) is 11.9 Å². The molecule has 1 amide bonds. The van der Waals surface area contributed by atoms with Crippen molar-refractivity contribution in [2.45, 2.75) is 6.92 Å². The molecular weight excluding hydrogens is 226 g/mol. The Hall–Kier alpha value is -2.29. The van der Waals surface area contributed by atoms with E-state index in [2.05, 4.69) is 5.32 Å². The van der Waals surface area contributed by atoms with Crippen molar-refractivity contribution in [1.82, 2.24) is 0 Å². The van der Waals surface area contributed by atoms with Crippen molar-refractivity contribution in [1.29, 1.82) is 0 Å². The number of nitrogens with one attached hydrogen (secondary N) is 1. The number of hydrogen-bond donors (Lipinski definition) is 1. The van der Waals surface area contributed by atoms with Gasteiger partial charge in [-0.15, -0.1) is 0 Å². The Balaban J connectivity index is 0.000000225. The number of ether oxygens (including phenoxy) is 1. The first-order valence-electron chi connectivity index (χ1n) is 5.81. The van der Waals surface area contributed by atoms with E-state index in [0.29, 0.717) is 6.61 Å². The molecule has 0 bridgehead atoms. The molecule has 0 radical (unpaired) electrons. The lowest BCUT2D eigenvalue weighted by atomic mass is 10.3. The summed E-state index contributed by atoms with van der Waals surface area (Å²) < 4.78 is 4.70. The van der Waals surface area contributed by atoms with E-state index in [-0.39, 0.29) is 0 Å². The highest BCUT2D eigenvalue weighted by atomic mass is 16.5. The fourth-order valence-electron chi connectivity index (χ4n) is 1.19. The number of carbonyl (C=O) groups is 1. The smallest absolute Gasteiger partial charge is 0.411 e. The van der Waals surface area contributed by atoms with E-state index in [1.165, 1.54) is 0 Å². The average Bonchev–Trinajstić information content (AvgIpc) is 2.43. The van der Waals surface area contributed by atoms with Crippen LogP contribution in [0.4, 0.5) is 10.5 Å². The Kier molecular flexibility index (Phi) is 6.75. The molecule has 3 nitrogen and oxygen atoms in total. The molecule has 2 rings (SSSR count). The third-order valence-electron chi connectivity index (χ3n) is 1.96. The van der Waals surface area contributed by atoms with Gasteiger partial charge < -0.3 is 4.74 Å². The Morgan fingerprint density at radius 2 is 1.39 bits per heavy atom. The van der Waals surface area contributed by atoms with E-state index in [1.807, 2.05) is 54.6 Å². The Morgan fingerprint density at radius 1 is 0.944 bits per heavy atom. The van der Waals surface area contributed by atoms with Gasteiger partial charge in [-0.25, -0.2) is 4.79 Å². The van der Waals surface area contributed by atoms with Crippen LogP contribution >= 0.6 is 0 Å². The molecule has 0 saturated carbocycles. The van der Waals surface area contributed by atoms with E-state index in [9.17, 15) is 4.79 Å². The normalized spacial score (nSPS) is 8.72. The number of benzene rings is 2. The van der Waals surface area contributed by atoms with E-state index < -0.39 is 6.09 Å². The van der Waals surface area contributed by atoms with Crippen molar-refractivity contribution in [3.05, 3.63) is 66.7 Å². The third kappa shape index (κ3) is 6.33. The maximum Gasteiger partial charge on any atom is 0.411 e. The SMILES string of the molecule is CCOC(=O)Nc1ccccc1.c1ccccc1. The van der Waals surface area contributed by atoms with Gasteiger partial charge in [-0.3, -0.25) is 5.32 Å². The average molecular weight is 243 g/mol. The van der Waals surface area contributed by atoms with Crippen molar-refractivity contribution in [3.63, 3.8) is 0 Å². The van der Waals surface area contributed by atoms with Gasteiger partial charge >= 0.3 is 6.09 Å². The van der Waals surface area contributed by atoms with Gasteiger partial charge in [0.1, 0.15) is 0 Å². The van der Waals surface area contributed by atoms with E-state index in [4.69, 9.17) is 4.74 Å². The summed E-state index contributed by atoms with van der Waals surface area (Å²) in [4.78, 5) is 10.9. The summed E-state index contributed by atoms with van der Waals surface area (Å²) in [6.45, 7) is 2.16. The van der Waals surface area contributed by atoms with E-state index in [0.717, 1.165) is 5.69 Å². The predicted octanol–water partition coefficient (Wildman–Crippen LogP) is 3.94. The van der Waals surface area contributed by atoms with Gasteiger partial charge in [-0.2, -0.15) is 0 Å². The molecule has 0 atom stereocenters. The van der Waals surface area contributed by atoms with E-state index >= 15 is 0 Å². The topological polar surface area (TPSA) is 38.3 Å². The molecule has 0 saturated heterocycles. The molecule has 2 aromatic rings.